The summed E-state index contributed by atoms with van der Waals surface area (Å²) in [6.07, 6.45) is 1.64. The normalized spacial score (nSPS) is 16.4. The lowest BCUT2D eigenvalue weighted by molar-refractivity contribution is -0.123. The molecule has 0 atom stereocenters. The minimum atomic E-state index is -0.385. The molecule has 0 unspecified atom stereocenters. The Balaban J connectivity index is 1.24. The standard InChI is InChI=1S/C19H18N4O6S2/c1-11-21-16(22-29-11)8-30-9-17(24)20-4-5-23-18(25)15(31-19(23)26)7-12-2-3-13-14(6-12)28-10-27-13/h2-3,6-7H,4-5,8-10H2,1H3,(H,20,24)/b15-7+. The fourth-order valence-corrected chi connectivity index (χ4v) is 4.39. The summed E-state index contributed by atoms with van der Waals surface area (Å²) in [7, 11) is 0. The highest BCUT2D eigenvalue weighted by Crippen LogP contribution is 2.36. The predicted octanol–water partition coefficient (Wildman–Crippen LogP) is 2.19. The highest BCUT2D eigenvalue weighted by molar-refractivity contribution is 8.18. The van der Waals surface area contributed by atoms with Crippen LogP contribution in [0, 0.1) is 6.92 Å². The molecule has 12 heteroatoms. The minimum Gasteiger partial charge on any atom is -0.454 e. The third kappa shape index (κ3) is 5.20. The number of rotatable bonds is 8. The molecule has 162 valence electrons. The Kier molecular flexibility index (Phi) is 6.47. The lowest BCUT2D eigenvalue weighted by Gasteiger charge is -2.12. The lowest BCUT2D eigenvalue weighted by atomic mass is 10.2. The van der Waals surface area contributed by atoms with Crippen LogP contribution in [0.15, 0.2) is 27.6 Å². The minimum absolute atomic E-state index is 0.101. The Morgan fingerprint density at radius 3 is 2.97 bits per heavy atom. The van der Waals surface area contributed by atoms with Crippen molar-refractivity contribution in [2.45, 2.75) is 12.7 Å². The third-order valence-electron chi connectivity index (χ3n) is 4.26. The molecule has 1 N–H and O–H groups in total. The van der Waals surface area contributed by atoms with Crippen molar-refractivity contribution in [3.63, 3.8) is 0 Å². The molecule has 3 amide bonds. The number of thioether (sulfide) groups is 2. The number of aromatic nitrogens is 2. The zero-order chi connectivity index (χ0) is 21.8. The zero-order valence-corrected chi connectivity index (χ0v) is 18.1. The van der Waals surface area contributed by atoms with Crippen molar-refractivity contribution in [2.75, 3.05) is 25.6 Å². The second-order valence-corrected chi connectivity index (χ2v) is 8.50. The highest BCUT2D eigenvalue weighted by atomic mass is 32.2. The van der Waals surface area contributed by atoms with Crippen LogP contribution in [0.1, 0.15) is 17.3 Å². The van der Waals surface area contributed by atoms with E-state index in [0.717, 1.165) is 22.2 Å². The summed E-state index contributed by atoms with van der Waals surface area (Å²) < 4.78 is 15.5. The first-order valence-corrected chi connectivity index (χ1v) is 11.3. The van der Waals surface area contributed by atoms with Crippen LogP contribution in [0.3, 0.4) is 0 Å². The van der Waals surface area contributed by atoms with Gasteiger partial charge in [-0.15, -0.1) is 11.8 Å². The second-order valence-electron chi connectivity index (χ2n) is 6.52. The summed E-state index contributed by atoms with van der Waals surface area (Å²) in [5.74, 6) is 2.33. The summed E-state index contributed by atoms with van der Waals surface area (Å²) in [6.45, 7) is 2.14. The van der Waals surface area contributed by atoms with Gasteiger partial charge in [-0.05, 0) is 35.5 Å². The van der Waals surface area contributed by atoms with Crippen LogP contribution in [0.4, 0.5) is 4.79 Å². The summed E-state index contributed by atoms with van der Waals surface area (Å²) >= 11 is 2.21. The number of nitrogens with one attached hydrogen (secondary N) is 1. The predicted molar refractivity (Wildman–Crippen MR) is 113 cm³/mol. The van der Waals surface area contributed by atoms with E-state index in [1.165, 1.54) is 11.8 Å². The van der Waals surface area contributed by atoms with E-state index in [0.29, 0.717) is 33.9 Å². The van der Waals surface area contributed by atoms with Gasteiger partial charge in [-0.25, -0.2) is 0 Å². The largest absolute Gasteiger partial charge is 0.454 e. The molecule has 10 nitrogen and oxygen atoms in total. The van der Waals surface area contributed by atoms with Gasteiger partial charge in [-0.3, -0.25) is 19.3 Å². The number of ether oxygens (including phenoxy) is 2. The molecule has 1 aromatic carbocycles. The number of imide groups is 1. The van der Waals surface area contributed by atoms with E-state index in [2.05, 4.69) is 15.5 Å². The first kappa shape index (κ1) is 21.2. The van der Waals surface area contributed by atoms with E-state index in [9.17, 15) is 14.4 Å². The SMILES string of the molecule is Cc1nc(CSCC(=O)NCCN2C(=O)S/C(=C/c3ccc4c(c3)OCO4)C2=O)no1. The Hall–Kier alpha value is -2.99. The zero-order valence-electron chi connectivity index (χ0n) is 16.5. The van der Waals surface area contributed by atoms with Crippen LogP contribution in [-0.4, -0.2) is 57.7 Å². The molecule has 1 saturated heterocycles. The second kappa shape index (κ2) is 9.43. The van der Waals surface area contributed by atoms with Crippen LogP contribution < -0.4 is 14.8 Å². The first-order valence-electron chi connectivity index (χ1n) is 9.28. The number of hydrogen-bond donors (Lipinski definition) is 1. The molecule has 1 fully saturated rings. The maximum absolute atomic E-state index is 12.6. The number of amides is 3. The topological polar surface area (TPSA) is 124 Å². The fraction of sp³-hybridized carbons (Fsp3) is 0.316. The van der Waals surface area contributed by atoms with Gasteiger partial charge in [0.25, 0.3) is 11.1 Å². The molecule has 0 aliphatic carbocycles. The van der Waals surface area contributed by atoms with Crippen molar-refractivity contribution in [1.29, 1.82) is 0 Å². The van der Waals surface area contributed by atoms with Crippen molar-refractivity contribution in [3.05, 3.63) is 40.4 Å². The number of benzene rings is 1. The Morgan fingerprint density at radius 2 is 2.16 bits per heavy atom. The first-order chi connectivity index (χ1) is 15.0. The highest BCUT2D eigenvalue weighted by Gasteiger charge is 2.34. The Bertz CT molecular complexity index is 1050. The number of carbonyl (C=O) groups excluding carboxylic acids is 3. The quantitative estimate of drug-likeness (QED) is 0.584. The monoisotopic (exact) mass is 462 g/mol. The van der Waals surface area contributed by atoms with Crippen LogP contribution in [0.25, 0.3) is 6.08 Å². The molecule has 31 heavy (non-hydrogen) atoms. The van der Waals surface area contributed by atoms with Crippen LogP contribution in [-0.2, 0) is 15.3 Å². The van der Waals surface area contributed by atoms with Gasteiger partial charge in [0.2, 0.25) is 18.6 Å². The maximum Gasteiger partial charge on any atom is 0.293 e. The molecule has 0 spiro atoms. The molecular weight excluding hydrogens is 444 g/mol. The summed E-state index contributed by atoms with van der Waals surface area (Å²) in [4.78, 5) is 42.3. The van der Waals surface area contributed by atoms with Crippen molar-refractivity contribution in [3.8, 4) is 11.5 Å². The molecule has 2 aliphatic heterocycles. The van der Waals surface area contributed by atoms with E-state index in [-0.39, 0.29) is 42.7 Å². The molecule has 0 bridgehead atoms. The molecule has 4 rings (SSSR count). The van der Waals surface area contributed by atoms with Crippen molar-refractivity contribution in [1.82, 2.24) is 20.4 Å². The average molecular weight is 463 g/mol. The number of aryl methyl sites for hydroxylation is 1. The van der Waals surface area contributed by atoms with Crippen LogP contribution in [0.2, 0.25) is 0 Å². The summed E-state index contributed by atoms with van der Waals surface area (Å²) in [5, 5.41) is 6.09. The van der Waals surface area contributed by atoms with Gasteiger partial charge < -0.3 is 19.3 Å². The van der Waals surface area contributed by atoms with Gasteiger partial charge in [0.1, 0.15) is 0 Å². The molecule has 2 aliphatic rings. The van der Waals surface area contributed by atoms with Gasteiger partial charge >= 0.3 is 0 Å². The number of carbonyl (C=O) groups is 3. The van der Waals surface area contributed by atoms with E-state index in [1.807, 2.05) is 0 Å². The Morgan fingerprint density at radius 1 is 1.32 bits per heavy atom. The van der Waals surface area contributed by atoms with Gasteiger partial charge in [0.05, 0.1) is 16.4 Å². The van der Waals surface area contributed by atoms with E-state index in [1.54, 1.807) is 31.2 Å². The van der Waals surface area contributed by atoms with Gasteiger partial charge in [-0.2, -0.15) is 4.98 Å². The van der Waals surface area contributed by atoms with Gasteiger partial charge in [0.15, 0.2) is 17.3 Å². The molecule has 0 saturated carbocycles. The van der Waals surface area contributed by atoms with E-state index in [4.69, 9.17) is 14.0 Å². The average Bonchev–Trinajstić information content (AvgIpc) is 3.44. The fourth-order valence-electron chi connectivity index (χ4n) is 2.84. The lowest BCUT2D eigenvalue weighted by Crippen LogP contribution is -2.37. The molecular formula is C19H18N4O6S2. The molecule has 0 radical (unpaired) electrons. The number of nitrogens with zero attached hydrogens (tertiary/aromatic N) is 3. The summed E-state index contributed by atoms with van der Waals surface area (Å²) in [6, 6.07) is 5.30. The molecule has 1 aromatic heterocycles. The Labute approximate surface area is 185 Å². The van der Waals surface area contributed by atoms with Gasteiger partial charge in [-0.1, -0.05) is 11.2 Å². The smallest absolute Gasteiger partial charge is 0.293 e. The third-order valence-corrected chi connectivity index (χ3v) is 6.10. The van der Waals surface area contributed by atoms with Crippen molar-refractivity contribution < 1.29 is 28.4 Å². The van der Waals surface area contributed by atoms with Gasteiger partial charge in [0, 0.05) is 20.0 Å². The van der Waals surface area contributed by atoms with Crippen molar-refractivity contribution in [2.24, 2.45) is 0 Å². The molecule has 2 aromatic rings. The number of fused-ring (bicyclic) bond motifs is 1. The maximum atomic E-state index is 12.6. The number of hydrogen-bond acceptors (Lipinski definition) is 10. The van der Waals surface area contributed by atoms with Crippen molar-refractivity contribution >= 4 is 46.7 Å². The van der Waals surface area contributed by atoms with E-state index < -0.39 is 0 Å². The van der Waals surface area contributed by atoms with E-state index >= 15 is 0 Å². The van der Waals surface area contributed by atoms with Crippen LogP contribution >= 0.6 is 23.5 Å². The van der Waals surface area contributed by atoms with Crippen LogP contribution in [0.5, 0.6) is 11.5 Å². The molecule has 3 heterocycles. The summed E-state index contributed by atoms with van der Waals surface area (Å²) in [5.41, 5.74) is 0.733.